The lowest BCUT2D eigenvalue weighted by atomic mass is 9.91. The SMILES string of the molecule is C=C/C=C(O)\C(F)=C1\CCCC(c2ccc(F)c(O)c2)=C(CCCCCCN(C)CCCCSCCC(C)(F)F)C1. The van der Waals surface area contributed by atoms with Crippen LogP contribution in [-0.4, -0.2) is 52.7 Å². The zero-order valence-corrected chi connectivity index (χ0v) is 25.5. The molecule has 0 spiro atoms. The molecule has 41 heavy (non-hydrogen) atoms. The lowest BCUT2D eigenvalue weighted by Gasteiger charge is -2.17. The van der Waals surface area contributed by atoms with Crippen LogP contribution >= 0.6 is 11.8 Å². The second-order valence-corrected chi connectivity index (χ2v) is 12.3. The number of hydrogen-bond acceptors (Lipinski definition) is 4. The fourth-order valence-electron chi connectivity index (χ4n) is 5.07. The summed E-state index contributed by atoms with van der Waals surface area (Å²) < 4.78 is 54.4. The van der Waals surface area contributed by atoms with Gasteiger partial charge in [0.15, 0.2) is 23.2 Å². The smallest absolute Gasteiger partial charge is 0.246 e. The van der Waals surface area contributed by atoms with E-state index in [9.17, 15) is 23.4 Å². The van der Waals surface area contributed by atoms with Gasteiger partial charge in [0.05, 0.1) is 0 Å². The Hall–Kier alpha value is -2.19. The summed E-state index contributed by atoms with van der Waals surface area (Å²) >= 11 is 1.60. The molecule has 2 N–H and O–H groups in total. The lowest BCUT2D eigenvalue weighted by molar-refractivity contribution is 0.0194. The van der Waals surface area contributed by atoms with Crippen molar-refractivity contribution in [1.29, 1.82) is 0 Å². The molecule has 0 fully saturated rings. The number of halogens is 4. The minimum Gasteiger partial charge on any atom is -0.505 e. The average molecular weight is 598 g/mol. The molecule has 0 saturated heterocycles. The average Bonchev–Trinajstić information content (AvgIpc) is 3.13. The first kappa shape index (κ1) is 35.0. The molecule has 0 radical (unpaired) electrons. The highest BCUT2D eigenvalue weighted by Crippen LogP contribution is 2.39. The largest absolute Gasteiger partial charge is 0.505 e. The normalized spacial score (nSPS) is 16.3. The zero-order chi connectivity index (χ0) is 30.3. The summed E-state index contributed by atoms with van der Waals surface area (Å²) in [5.41, 5.74) is 3.41. The molecule has 0 bridgehead atoms. The third-order valence-electron chi connectivity index (χ3n) is 7.40. The third-order valence-corrected chi connectivity index (χ3v) is 8.47. The molecule has 0 amide bonds. The van der Waals surface area contributed by atoms with Crippen molar-refractivity contribution < 1.29 is 27.8 Å². The second kappa shape index (κ2) is 18.4. The van der Waals surface area contributed by atoms with Gasteiger partial charge in [-0.15, -0.1) is 0 Å². The minimum atomic E-state index is -2.57. The van der Waals surface area contributed by atoms with Crippen LogP contribution in [0.1, 0.15) is 89.5 Å². The number of aliphatic hydroxyl groups is 1. The van der Waals surface area contributed by atoms with E-state index in [1.807, 2.05) is 0 Å². The third kappa shape index (κ3) is 13.6. The molecule has 3 nitrogen and oxygen atoms in total. The molecule has 1 aliphatic rings. The standard InChI is InChI=1S/C33H47F4NO2S/c1-4-12-30(39)32(35)27-14-11-15-28(26-16-17-29(34)31(40)24-26)25(23-27)13-7-5-6-8-19-38(3)20-9-10-21-41-22-18-33(2,36)37/h4,12,16-17,24,39-40H,1,5-11,13-15,18-23H2,2-3H3/b30-12+,32-27+. The van der Waals surface area contributed by atoms with E-state index in [4.69, 9.17) is 0 Å². The number of thioether (sulfide) groups is 1. The van der Waals surface area contributed by atoms with Crippen molar-refractivity contribution in [1.82, 2.24) is 4.90 Å². The summed E-state index contributed by atoms with van der Waals surface area (Å²) in [7, 11) is 2.12. The van der Waals surface area contributed by atoms with E-state index in [0.717, 1.165) is 87.4 Å². The summed E-state index contributed by atoms with van der Waals surface area (Å²) in [4.78, 5) is 2.32. The number of aliphatic hydroxyl groups excluding tert-OH is 1. The van der Waals surface area contributed by atoms with E-state index in [1.54, 1.807) is 17.8 Å². The maximum Gasteiger partial charge on any atom is 0.246 e. The first-order valence-corrected chi connectivity index (χ1v) is 15.9. The molecule has 0 aliphatic heterocycles. The first-order valence-electron chi connectivity index (χ1n) is 14.7. The fraction of sp³-hybridized carbons (Fsp3) is 0.576. The van der Waals surface area contributed by atoms with E-state index >= 15 is 4.39 Å². The van der Waals surface area contributed by atoms with Crippen molar-refractivity contribution in [2.45, 2.75) is 89.9 Å². The van der Waals surface area contributed by atoms with Crippen molar-refractivity contribution in [3.63, 3.8) is 0 Å². The van der Waals surface area contributed by atoms with Gasteiger partial charge < -0.3 is 15.1 Å². The van der Waals surface area contributed by atoms with E-state index in [-0.39, 0.29) is 6.42 Å². The summed E-state index contributed by atoms with van der Waals surface area (Å²) in [5.74, 6) is -3.22. The Morgan fingerprint density at radius 2 is 1.78 bits per heavy atom. The molecule has 0 atom stereocenters. The Kier molecular flexibility index (Phi) is 15.7. The van der Waals surface area contributed by atoms with Gasteiger partial charge in [0.2, 0.25) is 5.92 Å². The minimum absolute atomic E-state index is 0.0581. The monoisotopic (exact) mass is 597 g/mol. The van der Waals surface area contributed by atoms with Crippen molar-refractivity contribution in [3.05, 3.63) is 71.0 Å². The van der Waals surface area contributed by atoms with Gasteiger partial charge in [-0.25, -0.2) is 17.6 Å². The zero-order valence-electron chi connectivity index (χ0n) is 24.7. The maximum absolute atomic E-state index is 15.0. The quantitative estimate of drug-likeness (QED) is 0.0765. The Balaban J connectivity index is 1.86. The molecule has 2 rings (SSSR count). The number of rotatable bonds is 18. The van der Waals surface area contributed by atoms with Gasteiger partial charge in [0.25, 0.3) is 0 Å². The van der Waals surface area contributed by atoms with Gasteiger partial charge in [-0.2, -0.15) is 11.8 Å². The summed E-state index contributed by atoms with van der Waals surface area (Å²) in [5, 5.41) is 20.0. The van der Waals surface area contributed by atoms with Crippen LogP contribution in [0.25, 0.3) is 5.57 Å². The summed E-state index contributed by atoms with van der Waals surface area (Å²) in [6, 6.07) is 4.38. The molecule has 0 saturated carbocycles. The van der Waals surface area contributed by atoms with Crippen molar-refractivity contribution in [3.8, 4) is 5.75 Å². The maximum atomic E-state index is 15.0. The molecule has 8 heteroatoms. The molecule has 230 valence electrons. The predicted molar refractivity (Wildman–Crippen MR) is 165 cm³/mol. The van der Waals surface area contributed by atoms with Crippen LogP contribution < -0.4 is 0 Å². The van der Waals surface area contributed by atoms with E-state index in [1.165, 1.54) is 24.3 Å². The number of unbranched alkanes of at least 4 members (excludes halogenated alkanes) is 4. The van der Waals surface area contributed by atoms with Crippen LogP contribution in [0, 0.1) is 5.82 Å². The van der Waals surface area contributed by atoms with Gasteiger partial charge >= 0.3 is 0 Å². The van der Waals surface area contributed by atoms with Gasteiger partial charge in [-0.05, 0) is 131 Å². The number of alkyl halides is 2. The van der Waals surface area contributed by atoms with Crippen LogP contribution in [0.2, 0.25) is 0 Å². The van der Waals surface area contributed by atoms with Crippen LogP contribution in [0.15, 0.2) is 59.7 Å². The number of allylic oxidation sites excluding steroid dienone is 6. The van der Waals surface area contributed by atoms with E-state index in [2.05, 4.69) is 18.5 Å². The number of nitrogens with zero attached hydrogens (tertiary/aromatic N) is 1. The molecular formula is C33H47F4NO2S. The van der Waals surface area contributed by atoms with Crippen molar-refractivity contribution in [2.75, 3.05) is 31.6 Å². The molecule has 0 heterocycles. The number of hydrogen-bond donors (Lipinski definition) is 2. The van der Waals surface area contributed by atoms with Gasteiger partial charge in [-0.1, -0.05) is 37.1 Å². The first-order chi connectivity index (χ1) is 19.5. The van der Waals surface area contributed by atoms with E-state index < -0.39 is 29.1 Å². The van der Waals surface area contributed by atoms with E-state index in [0.29, 0.717) is 37.0 Å². The lowest BCUT2D eigenvalue weighted by Crippen LogP contribution is -2.21. The van der Waals surface area contributed by atoms with Gasteiger partial charge in [0.1, 0.15) is 0 Å². The van der Waals surface area contributed by atoms with Crippen LogP contribution in [0.4, 0.5) is 17.6 Å². The molecule has 0 aromatic heterocycles. The number of phenolic OH excluding ortho intramolecular Hbond substituents is 1. The molecular weight excluding hydrogens is 550 g/mol. The van der Waals surface area contributed by atoms with Crippen molar-refractivity contribution in [2.24, 2.45) is 0 Å². The number of phenols is 1. The Morgan fingerprint density at radius 1 is 1.07 bits per heavy atom. The van der Waals surface area contributed by atoms with Gasteiger partial charge in [-0.3, -0.25) is 0 Å². The highest BCUT2D eigenvalue weighted by Gasteiger charge is 2.21. The Labute approximate surface area is 248 Å². The summed E-state index contributed by atoms with van der Waals surface area (Å²) in [6.45, 7) is 6.50. The fourth-order valence-corrected chi connectivity index (χ4v) is 6.19. The number of aromatic hydroxyl groups is 1. The molecule has 0 unspecified atom stereocenters. The second-order valence-electron chi connectivity index (χ2n) is 11.1. The topological polar surface area (TPSA) is 43.7 Å². The number of benzene rings is 1. The highest BCUT2D eigenvalue weighted by atomic mass is 32.2. The molecule has 1 aromatic carbocycles. The summed E-state index contributed by atoms with van der Waals surface area (Å²) in [6.07, 6.45) is 11.8. The van der Waals surface area contributed by atoms with Crippen molar-refractivity contribution >= 4 is 17.3 Å². The predicted octanol–water partition coefficient (Wildman–Crippen LogP) is 10.2. The van der Waals surface area contributed by atoms with Gasteiger partial charge in [0, 0.05) is 6.42 Å². The molecule has 1 aromatic rings. The highest BCUT2D eigenvalue weighted by molar-refractivity contribution is 7.99. The Bertz CT molecular complexity index is 1060. The Morgan fingerprint density at radius 3 is 2.46 bits per heavy atom. The van der Waals surface area contributed by atoms with Crippen LogP contribution in [0.5, 0.6) is 5.75 Å². The molecule has 1 aliphatic carbocycles. The van der Waals surface area contributed by atoms with Crippen LogP contribution in [0.3, 0.4) is 0 Å². The van der Waals surface area contributed by atoms with Crippen LogP contribution in [-0.2, 0) is 0 Å².